The standard InChI is InChI=1S/C12H12O5S/c1-7(11(14)15)18-12(16)9-5-3-4-6-10(9)17-8(2)13/h3-7H,1-2H3,(H,14,15). The second-order valence-electron chi connectivity index (χ2n) is 3.48. The zero-order chi connectivity index (χ0) is 13.7. The highest BCUT2D eigenvalue weighted by atomic mass is 32.2. The third-order valence-electron chi connectivity index (χ3n) is 1.99. The second kappa shape index (κ2) is 6.20. The molecule has 6 heteroatoms. The van der Waals surface area contributed by atoms with Gasteiger partial charge in [-0.2, -0.15) is 0 Å². The van der Waals surface area contributed by atoms with E-state index in [1.54, 1.807) is 12.1 Å². The number of carboxylic acids is 1. The number of thioether (sulfide) groups is 1. The van der Waals surface area contributed by atoms with Crippen molar-refractivity contribution in [3.8, 4) is 5.75 Å². The summed E-state index contributed by atoms with van der Waals surface area (Å²) in [5.74, 6) is -1.47. The molecule has 1 unspecified atom stereocenters. The molecule has 1 atom stereocenters. The van der Waals surface area contributed by atoms with Gasteiger partial charge in [-0.05, 0) is 19.1 Å². The van der Waals surface area contributed by atoms with Crippen molar-refractivity contribution in [1.29, 1.82) is 0 Å². The Bertz CT molecular complexity index is 483. The van der Waals surface area contributed by atoms with Gasteiger partial charge >= 0.3 is 11.9 Å². The van der Waals surface area contributed by atoms with Gasteiger partial charge in [-0.1, -0.05) is 23.9 Å². The molecule has 0 aliphatic rings. The number of carboxylic acid groups (broad SMARTS) is 1. The zero-order valence-electron chi connectivity index (χ0n) is 9.88. The molecule has 5 nitrogen and oxygen atoms in total. The van der Waals surface area contributed by atoms with E-state index in [0.29, 0.717) is 11.8 Å². The first kappa shape index (κ1) is 14.2. The summed E-state index contributed by atoms with van der Waals surface area (Å²) >= 11 is 0.672. The number of para-hydroxylation sites is 1. The molecule has 0 heterocycles. The van der Waals surface area contributed by atoms with Crippen LogP contribution in [0, 0.1) is 0 Å². The Morgan fingerprint density at radius 2 is 1.89 bits per heavy atom. The summed E-state index contributed by atoms with van der Waals surface area (Å²) in [5, 5.41) is 7.43. The van der Waals surface area contributed by atoms with Gasteiger partial charge in [0.2, 0.25) is 5.12 Å². The minimum absolute atomic E-state index is 0.139. The van der Waals surface area contributed by atoms with E-state index in [2.05, 4.69) is 0 Å². The van der Waals surface area contributed by atoms with Gasteiger partial charge in [0, 0.05) is 6.92 Å². The Morgan fingerprint density at radius 3 is 2.44 bits per heavy atom. The molecule has 0 fully saturated rings. The lowest BCUT2D eigenvalue weighted by Gasteiger charge is -2.09. The molecular formula is C12H12O5S. The summed E-state index contributed by atoms with van der Waals surface area (Å²) in [5.41, 5.74) is 0.186. The van der Waals surface area contributed by atoms with Crippen LogP contribution in [-0.4, -0.2) is 27.4 Å². The van der Waals surface area contributed by atoms with E-state index in [1.165, 1.54) is 26.0 Å². The number of ether oxygens (including phenoxy) is 1. The van der Waals surface area contributed by atoms with Crippen LogP contribution in [0.1, 0.15) is 24.2 Å². The second-order valence-corrected chi connectivity index (χ2v) is 4.79. The molecule has 1 aromatic carbocycles. The normalized spacial score (nSPS) is 11.7. The van der Waals surface area contributed by atoms with Gasteiger partial charge in [0.1, 0.15) is 11.0 Å². The SMILES string of the molecule is CC(=O)Oc1ccccc1C(=O)SC(C)C(=O)O. The average Bonchev–Trinajstić information content (AvgIpc) is 2.28. The smallest absolute Gasteiger partial charge is 0.316 e. The van der Waals surface area contributed by atoms with Crippen LogP contribution < -0.4 is 4.74 Å². The number of rotatable bonds is 4. The lowest BCUT2D eigenvalue weighted by atomic mass is 10.2. The first-order chi connectivity index (χ1) is 8.41. The minimum Gasteiger partial charge on any atom is -0.480 e. The number of carbonyl (C=O) groups excluding carboxylic acids is 2. The van der Waals surface area contributed by atoms with Crippen molar-refractivity contribution in [2.45, 2.75) is 19.1 Å². The average molecular weight is 268 g/mol. The van der Waals surface area contributed by atoms with Crippen molar-refractivity contribution in [1.82, 2.24) is 0 Å². The molecule has 0 saturated heterocycles. The molecule has 18 heavy (non-hydrogen) atoms. The maximum absolute atomic E-state index is 11.9. The summed E-state index contributed by atoms with van der Waals surface area (Å²) in [7, 11) is 0. The monoisotopic (exact) mass is 268 g/mol. The lowest BCUT2D eigenvalue weighted by Crippen LogP contribution is -2.15. The highest BCUT2D eigenvalue weighted by Crippen LogP contribution is 2.25. The minimum atomic E-state index is -1.07. The van der Waals surface area contributed by atoms with E-state index in [9.17, 15) is 14.4 Å². The molecule has 0 aliphatic heterocycles. The van der Waals surface area contributed by atoms with Gasteiger partial charge in [-0.25, -0.2) is 0 Å². The lowest BCUT2D eigenvalue weighted by molar-refractivity contribution is -0.136. The van der Waals surface area contributed by atoms with Crippen LogP contribution in [-0.2, 0) is 9.59 Å². The molecule has 0 radical (unpaired) electrons. The fourth-order valence-electron chi connectivity index (χ4n) is 1.15. The van der Waals surface area contributed by atoms with Crippen LogP contribution in [0.15, 0.2) is 24.3 Å². The molecule has 0 amide bonds. The van der Waals surface area contributed by atoms with Crippen molar-refractivity contribution in [2.75, 3.05) is 0 Å². The highest BCUT2D eigenvalue weighted by molar-refractivity contribution is 8.15. The van der Waals surface area contributed by atoms with Gasteiger partial charge < -0.3 is 9.84 Å². The Hall–Kier alpha value is -1.82. The van der Waals surface area contributed by atoms with Crippen LogP contribution in [0.2, 0.25) is 0 Å². The largest absolute Gasteiger partial charge is 0.480 e. The Balaban J connectivity index is 2.91. The molecule has 0 saturated carbocycles. The van der Waals surface area contributed by atoms with Crippen LogP contribution in [0.4, 0.5) is 0 Å². The van der Waals surface area contributed by atoms with Crippen molar-refractivity contribution in [2.24, 2.45) is 0 Å². The Morgan fingerprint density at radius 1 is 1.28 bits per heavy atom. The molecule has 0 spiro atoms. The molecule has 1 N–H and O–H groups in total. The Labute approximate surface area is 108 Å². The number of hydrogen-bond acceptors (Lipinski definition) is 5. The van der Waals surface area contributed by atoms with Crippen LogP contribution in [0.3, 0.4) is 0 Å². The number of carbonyl (C=O) groups is 3. The zero-order valence-corrected chi connectivity index (χ0v) is 10.7. The fourth-order valence-corrected chi connectivity index (χ4v) is 1.87. The molecule has 0 bridgehead atoms. The molecule has 0 aromatic heterocycles. The van der Waals surface area contributed by atoms with E-state index >= 15 is 0 Å². The summed E-state index contributed by atoms with van der Waals surface area (Å²) in [6, 6.07) is 6.22. The molecule has 0 aliphatic carbocycles. The maximum atomic E-state index is 11.9. The van der Waals surface area contributed by atoms with Gasteiger partial charge in [0.05, 0.1) is 5.56 Å². The maximum Gasteiger partial charge on any atom is 0.316 e. The first-order valence-electron chi connectivity index (χ1n) is 5.13. The number of hydrogen-bond donors (Lipinski definition) is 1. The molecular weight excluding hydrogens is 256 g/mol. The number of aliphatic carboxylic acids is 1. The summed E-state index contributed by atoms with van der Waals surface area (Å²) in [6.45, 7) is 2.65. The van der Waals surface area contributed by atoms with Crippen molar-refractivity contribution >= 4 is 28.8 Å². The van der Waals surface area contributed by atoms with Gasteiger partial charge in [-0.15, -0.1) is 0 Å². The van der Waals surface area contributed by atoms with E-state index < -0.39 is 22.3 Å². The van der Waals surface area contributed by atoms with Gasteiger partial charge in [0.15, 0.2) is 0 Å². The van der Waals surface area contributed by atoms with E-state index in [-0.39, 0.29) is 11.3 Å². The summed E-state index contributed by atoms with van der Waals surface area (Å²) in [4.78, 5) is 33.4. The number of esters is 1. The Kier molecular flexibility index (Phi) is 4.91. The topological polar surface area (TPSA) is 80.7 Å². The van der Waals surface area contributed by atoms with E-state index in [4.69, 9.17) is 9.84 Å². The third kappa shape index (κ3) is 3.89. The molecule has 96 valence electrons. The number of benzene rings is 1. The van der Waals surface area contributed by atoms with Gasteiger partial charge in [0.25, 0.3) is 0 Å². The summed E-state index contributed by atoms with van der Waals surface area (Å²) in [6.07, 6.45) is 0. The fraction of sp³-hybridized carbons (Fsp3) is 0.250. The molecule has 1 aromatic rings. The van der Waals surface area contributed by atoms with Crippen molar-refractivity contribution in [3.05, 3.63) is 29.8 Å². The van der Waals surface area contributed by atoms with Gasteiger partial charge in [-0.3, -0.25) is 14.4 Å². The predicted molar refractivity (Wildman–Crippen MR) is 66.8 cm³/mol. The quantitative estimate of drug-likeness (QED) is 0.664. The predicted octanol–water partition coefficient (Wildman–Crippen LogP) is 1.96. The van der Waals surface area contributed by atoms with Crippen molar-refractivity contribution < 1.29 is 24.2 Å². The van der Waals surface area contributed by atoms with E-state index in [0.717, 1.165) is 0 Å². The van der Waals surface area contributed by atoms with Crippen LogP contribution in [0.25, 0.3) is 0 Å². The molecule has 1 rings (SSSR count). The highest BCUT2D eigenvalue weighted by Gasteiger charge is 2.20. The summed E-state index contributed by atoms with van der Waals surface area (Å²) < 4.78 is 4.89. The van der Waals surface area contributed by atoms with Crippen LogP contribution >= 0.6 is 11.8 Å². The first-order valence-corrected chi connectivity index (χ1v) is 6.01. The third-order valence-corrected chi connectivity index (χ3v) is 2.98. The van der Waals surface area contributed by atoms with E-state index in [1.807, 2.05) is 0 Å². The van der Waals surface area contributed by atoms with Crippen molar-refractivity contribution in [3.63, 3.8) is 0 Å². The van der Waals surface area contributed by atoms with Crippen LogP contribution in [0.5, 0.6) is 5.75 Å².